The van der Waals surface area contributed by atoms with Gasteiger partial charge in [0.2, 0.25) is 5.75 Å². The van der Waals surface area contributed by atoms with Crippen LogP contribution in [0.3, 0.4) is 0 Å². The summed E-state index contributed by atoms with van der Waals surface area (Å²) in [5, 5.41) is 9.59. The number of hydrogen-bond donors (Lipinski definition) is 3. The van der Waals surface area contributed by atoms with Gasteiger partial charge in [0.1, 0.15) is 0 Å². The summed E-state index contributed by atoms with van der Waals surface area (Å²) >= 11 is 7.56. The number of anilines is 1. The van der Waals surface area contributed by atoms with E-state index >= 15 is 0 Å². The van der Waals surface area contributed by atoms with E-state index in [1.807, 2.05) is 31.2 Å². The van der Waals surface area contributed by atoms with Crippen molar-refractivity contribution in [2.24, 2.45) is 0 Å². The third-order valence-electron chi connectivity index (χ3n) is 4.64. The lowest BCUT2D eigenvalue weighted by Crippen LogP contribution is -2.45. The number of methoxy groups -OCH3 is 3. The highest BCUT2D eigenvalue weighted by molar-refractivity contribution is 14.1. The molecule has 2 aromatic rings. The molecule has 0 saturated heterocycles. The van der Waals surface area contributed by atoms with Crippen molar-refractivity contribution in [1.29, 1.82) is 0 Å². The van der Waals surface area contributed by atoms with Gasteiger partial charge in [-0.3, -0.25) is 4.79 Å². The molecule has 1 unspecified atom stereocenters. The molecular formula is C21H22IN3O4S. The summed E-state index contributed by atoms with van der Waals surface area (Å²) in [5.41, 5.74) is 2.63. The molecule has 0 radical (unpaired) electrons. The summed E-state index contributed by atoms with van der Waals surface area (Å²) in [6.07, 6.45) is 0. The van der Waals surface area contributed by atoms with Crippen molar-refractivity contribution in [2.45, 2.75) is 13.0 Å². The van der Waals surface area contributed by atoms with Crippen molar-refractivity contribution in [3.63, 3.8) is 0 Å². The first-order valence-electron chi connectivity index (χ1n) is 9.03. The third-order valence-corrected chi connectivity index (χ3v) is 5.58. The zero-order valence-electron chi connectivity index (χ0n) is 17.0. The first-order valence-corrected chi connectivity index (χ1v) is 10.5. The molecule has 1 atom stereocenters. The number of carbonyl (C=O) groups excluding carboxylic acids is 1. The molecule has 0 spiro atoms. The molecule has 9 heteroatoms. The summed E-state index contributed by atoms with van der Waals surface area (Å²) in [7, 11) is 4.64. The van der Waals surface area contributed by atoms with Crippen LogP contribution in [0.25, 0.3) is 0 Å². The van der Waals surface area contributed by atoms with Gasteiger partial charge >= 0.3 is 0 Å². The van der Waals surface area contributed by atoms with Crippen molar-refractivity contribution in [2.75, 3.05) is 26.6 Å². The lowest BCUT2D eigenvalue weighted by atomic mass is 9.94. The van der Waals surface area contributed by atoms with E-state index < -0.39 is 6.04 Å². The lowest BCUT2D eigenvalue weighted by molar-refractivity contribution is -0.113. The first-order chi connectivity index (χ1) is 14.4. The van der Waals surface area contributed by atoms with Gasteiger partial charge in [0.25, 0.3) is 5.91 Å². The van der Waals surface area contributed by atoms with Crippen molar-refractivity contribution in [1.82, 2.24) is 10.6 Å². The zero-order valence-corrected chi connectivity index (χ0v) is 19.9. The Hall–Kier alpha value is -2.53. The second kappa shape index (κ2) is 9.52. The molecule has 0 fully saturated rings. The minimum absolute atomic E-state index is 0.241. The van der Waals surface area contributed by atoms with Crippen molar-refractivity contribution >= 4 is 51.5 Å². The van der Waals surface area contributed by atoms with Gasteiger partial charge in [-0.1, -0.05) is 0 Å². The monoisotopic (exact) mass is 539 g/mol. The van der Waals surface area contributed by atoms with Gasteiger partial charge in [0, 0.05) is 15.0 Å². The molecule has 1 aliphatic heterocycles. The Kier molecular flexibility index (Phi) is 7.03. The van der Waals surface area contributed by atoms with E-state index in [9.17, 15) is 4.79 Å². The number of halogens is 1. The van der Waals surface area contributed by atoms with E-state index in [0.717, 1.165) is 9.13 Å². The van der Waals surface area contributed by atoms with Gasteiger partial charge in [-0.15, -0.1) is 0 Å². The minimum atomic E-state index is -0.503. The summed E-state index contributed by atoms with van der Waals surface area (Å²) < 4.78 is 17.4. The maximum absolute atomic E-state index is 13.2. The quantitative estimate of drug-likeness (QED) is 0.381. The molecule has 1 aliphatic rings. The Balaban J connectivity index is 2.03. The maximum Gasteiger partial charge on any atom is 0.255 e. The Labute approximate surface area is 194 Å². The molecule has 158 valence electrons. The fraction of sp³-hybridized carbons (Fsp3) is 0.238. The molecule has 1 amide bonds. The second-order valence-electron chi connectivity index (χ2n) is 6.49. The minimum Gasteiger partial charge on any atom is -0.493 e. The number of hydrogen-bond acceptors (Lipinski definition) is 5. The number of nitrogens with one attached hydrogen (secondary N) is 3. The predicted octanol–water partition coefficient (Wildman–Crippen LogP) is 3.75. The average molecular weight is 539 g/mol. The van der Waals surface area contributed by atoms with Gasteiger partial charge in [0.15, 0.2) is 16.6 Å². The van der Waals surface area contributed by atoms with E-state index in [1.165, 1.54) is 0 Å². The largest absolute Gasteiger partial charge is 0.493 e. The molecule has 0 aromatic heterocycles. The number of benzene rings is 2. The van der Waals surface area contributed by atoms with E-state index in [4.69, 9.17) is 26.4 Å². The van der Waals surface area contributed by atoms with Crippen LogP contribution in [0.2, 0.25) is 0 Å². The molecule has 30 heavy (non-hydrogen) atoms. The highest BCUT2D eigenvalue weighted by Crippen LogP contribution is 2.41. The fourth-order valence-corrected chi connectivity index (χ4v) is 3.88. The van der Waals surface area contributed by atoms with Gasteiger partial charge in [-0.05, 0) is 83.7 Å². The molecule has 0 saturated carbocycles. The lowest BCUT2D eigenvalue weighted by Gasteiger charge is -2.31. The van der Waals surface area contributed by atoms with Crippen LogP contribution in [-0.4, -0.2) is 32.3 Å². The molecule has 3 N–H and O–H groups in total. The van der Waals surface area contributed by atoms with Crippen LogP contribution in [0.1, 0.15) is 18.5 Å². The van der Waals surface area contributed by atoms with Gasteiger partial charge in [-0.25, -0.2) is 0 Å². The number of thiocarbonyl (C=S) groups is 1. The topological polar surface area (TPSA) is 80.9 Å². The highest BCUT2D eigenvalue weighted by Gasteiger charge is 2.31. The molecule has 3 rings (SSSR count). The third kappa shape index (κ3) is 4.62. The average Bonchev–Trinajstić information content (AvgIpc) is 2.73. The number of ether oxygens (including phenoxy) is 3. The van der Waals surface area contributed by atoms with Crippen LogP contribution in [0.5, 0.6) is 17.2 Å². The SMILES string of the molecule is COc1cc(C2NC(=S)NC(C)=C2C(=O)Nc2ccc(I)cc2)cc(OC)c1OC. The second-order valence-corrected chi connectivity index (χ2v) is 8.14. The standard InChI is InChI=1S/C21H22IN3O4S/c1-11-17(20(26)24-14-7-5-13(22)6-8-14)18(25-21(30)23-11)12-9-15(27-2)19(29-4)16(10-12)28-3/h5-10,18H,1-4H3,(H,24,26)(H2,23,25,30). The number of amides is 1. The molecule has 2 aromatic carbocycles. The summed E-state index contributed by atoms with van der Waals surface area (Å²) in [6.45, 7) is 1.82. The van der Waals surface area contributed by atoms with Crippen molar-refractivity contribution < 1.29 is 19.0 Å². The number of rotatable bonds is 6. The summed E-state index contributed by atoms with van der Waals surface area (Å²) in [4.78, 5) is 13.2. The maximum atomic E-state index is 13.2. The highest BCUT2D eigenvalue weighted by atomic mass is 127. The van der Waals surface area contributed by atoms with Gasteiger partial charge in [-0.2, -0.15) is 0 Å². The van der Waals surface area contributed by atoms with Crippen molar-refractivity contribution in [3.8, 4) is 17.2 Å². The summed E-state index contributed by atoms with van der Waals surface area (Å²) in [5.74, 6) is 1.22. The Morgan fingerprint density at radius 2 is 1.67 bits per heavy atom. The first kappa shape index (κ1) is 22.2. The fourth-order valence-electron chi connectivity index (χ4n) is 3.24. The number of carbonyl (C=O) groups is 1. The predicted molar refractivity (Wildman–Crippen MR) is 128 cm³/mol. The molecule has 0 bridgehead atoms. The Morgan fingerprint density at radius 3 is 2.20 bits per heavy atom. The molecular weight excluding hydrogens is 517 g/mol. The van der Waals surface area contributed by atoms with Crippen LogP contribution < -0.4 is 30.2 Å². The Morgan fingerprint density at radius 1 is 1.07 bits per heavy atom. The van der Waals surface area contributed by atoms with E-state index in [0.29, 0.717) is 39.3 Å². The van der Waals surface area contributed by atoms with E-state index in [2.05, 4.69) is 38.5 Å². The van der Waals surface area contributed by atoms with Crippen LogP contribution in [0.15, 0.2) is 47.7 Å². The summed E-state index contributed by atoms with van der Waals surface area (Å²) in [6, 6.07) is 10.7. The Bertz CT molecular complexity index is 983. The van der Waals surface area contributed by atoms with Gasteiger partial charge in [0.05, 0.1) is 32.9 Å². The molecule has 7 nitrogen and oxygen atoms in total. The van der Waals surface area contributed by atoms with Crippen LogP contribution in [0.4, 0.5) is 5.69 Å². The van der Waals surface area contributed by atoms with E-state index in [-0.39, 0.29) is 5.91 Å². The molecule has 1 heterocycles. The van der Waals surface area contributed by atoms with Crippen LogP contribution >= 0.6 is 34.8 Å². The molecule has 0 aliphatic carbocycles. The smallest absolute Gasteiger partial charge is 0.255 e. The van der Waals surface area contributed by atoms with Crippen molar-refractivity contribution in [3.05, 3.63) is 56.8 Å². The normalized spacial score (nSPS) is 15.8. The van der Waals surface area contributed by atoms with E-state index in [1.54, 1.807) is 33.5 Å². The zero-order chi connectivity index (χ0) is 21.8. The number of allylic oxidation sites excluding steroid dienone is 1. The van der Waals surface area contributed by atoms with Crippen LogP contribution in [0, 0.1) is 3.57 Å². The van der Waals surface area contributed by atoms with Crippen LogP contribution in [-0.2, 0) is 4.79 Å². The van der Waals surface area contributed by atoms with Gasteiger partial charge < -0.3 is 30.2 Å².